The Morgan fingerprint density at radius 3 is 2.66 bits per heavy atom. The van der Waals surface area contributed by atoms with Crippen LogP contribution in [0.3, 0.4) is 0 Å². The molecule has 0 saturated carbocycles. The number of carboxylic acids is 1. The van der Waals surface area contributed by atoms with E-state index in [0.29, 0.717) is 30.1 Å². The van der Waals surface area contributed by atoms with Crippen molar-refractivity contribution < 1.29 is 23.6 Å². The first-order valence-electron chi connectivity index (χ1n) is 9.99. The van der Waals surface area contributed by atoms with Gasteiger partial charge in [0.1, 0.15) is 11.6 Å². The predicted molar refractivity (Wildman–Crippen MR) is 106 cm³/mol. The van der Waals surface area contributed by atoms with E-state index in [9.17, 15) is 9.18 Å². The van der Waals surface area contributed by atoms with Crippen molar-refractivity contribution in [2.75, 3.05) is 24.6 Å². The highest BCUT2D eigenvalue weighted by Gasteiger charge is 2.26. The first-order valence-corrected chi connectivity index (χ1v) is 9.99. The number of carbonyl (C=O) groups is 1. The second-order valence-electron chi connectivity index (χ2n) is 8.52. The molecule has 8 heteroatoms. The van der Waals surface area contributed by atoms with E-state index in [2.05, 4.69) is 15.0 Å². The van der Waals surface area contributed by atoms with E-state index in [4.69, 9.17) is 14.4 Å². The minimum Gasteiger partial charge on any atom is -0.493 e. The van der Waals surface area contributed by atoms with Crippen LogP contribution in [0, 0.1) is 11.7 Å². The van der Waals surface area contributed by atoms with E-state index in [0.717, 1.165) is 44.8 Å². The van der Waals surface area contributed by atoms with E-state index in [1.165, 1.54) is 12.1 Å². The lowest BCUT2D eigenvalue weighted by molar-refractivity contribution is 0.0692. The van der Waals surface area contributed by atoms with Crippen LogP contribution >= 0.6 is 0 Å². The maximum Gasteiger partial charge on any atom is 0.338 e. The molecule has 1 aliphatic rings. The molecule has 1 fully saturated rings. The number of halogens is 1. The average Bonchev–Trinajstić information content (AvgIpc) is 3.16. The zero-order valence-electron chi connectivity index (χ0n) is 17.2. The average molecular weight is 405 g/mol. The van der Waals surface area contributed by atoms with E-state index in [1.54, 1.807) is 0 Å². The van der Waals surface area contributed by atoms with Crippen LogP contribution in [-0.4, -0.2) is 40.9 Å². The Morgan fingerprint density at radius 1 is 1.34 bits per heavy atom. The molecular formula is C21H28FN3O4. The Labute approximate surface area is 169 Å². The summed E-state index contributed by atoms with van der Waals surface area (Å²) < 4.78 is 24.6. The predicted octanol–water partition coefficient (Wildman–Crippen LogP) is 4.28. The van der Waals surface area contributed by atoms with Gasteiger partial charge >= 0.3 is 5.97 Å². The van der Waals surface area contributed by atoms with Crippen molar-refractivity contribution in [3.8, 4) is 5.75 Å². The second-order valence-corrected chi connectivity index (χ2v) is 8.52. The van der Waals surface area contributed by atoms with Gasteiger partial charge in [-0.3, -0.25) is 0 Å². The lowest BCUT2D eigenvalue weighted by Gasteiger charge is -2.30. The summed E-state index contributed by atoms with van der Waals surface area (Å²) in [5.74, 6) is 0.224. The number of benzene rings is 1. The topological polar surface area (TPSA) is 88.7 Å². The Bertz CT molecular complexity index is 839. The number of hydrogen-bond acceptors (Lipinski definition) is 6. The van der Waals surface area contributed by atoms with Crippen LogP contribution in [0.15, 0.2) is 22.7 Å². The normalized spacial score (nSPS) is 15.5. The summed E-state index contributed by atoms with van der Waals surface area (Å²) in [6.45, 7) is 8.42. The molecule has 7 nitrogen and oxygen atoms in total. The molecule has 1 N–H and O–H groups in total. The van der Waals surface area contributed by atoms with Crippen molar-refractivity contribution in [1.82, 2.24) is 10.1 Å². The minimum absolute atomic E-state index is 0.152. The number of hydrogen-bond donors (Lipinski definition) is 1. The zero-order chi connectivity index (χ0) is 21.0. The summed E-state index contributed by atoms with van der Waals surface area (Å²) in [4.78, 5) is 17.5. The van der Waals surface area contributed by atoms with Crippen molar-refractivity contribution in [1.29, 1.82) is 0 Å². The SMILES string of the molecule is CC(C)(C)c1nc(N2CCC(CCCOc3ccc(C(=O)O)c(F)c3)CC2)no1. The molecule has 1 saturated heterocycles. The van der Waals surface area contributed by atoms with Gasteiger partial charge in [-0.25, -0.2) is 9.18 Å². The standard InChI is InChI=1S/C21H28FN3O4/c1-21(2,3)19-23-20(24-29-19)25-10-8-14(9-11-25)5-4-12-28-15-6-7-16(18(26)27)17(22)13-15/h6-7,13-14H,4-5,8-12H2,1-3H3,(H,26,27). The van der Waals surface area contributed by atoms with Gasteiger partial charge in [-0.1, -0.05) is 20.8 Å². The molecule has 0 atom stereocenters. The van der Waals surface area contributed by atoms with Crippen molar-refractivity contribution >= 4 is 11.9 Å². The number of ether oxygens (including phenoxy) is 1. The van der Waals surface area contributed by atoms with Crippen molar-refractivity contribution in [2.24, 2.45) is 5.92 Å². The smallest absolute Gasteiger partial charge is 0.338 e. The molecule has 0 amide bonds. The number of anilines is 1. The summed E-state index contributed by atoms with van der Waals surface area (Å²) in [6.07, 6.45) is 4.01. The number of aromatic carboxylic acids is 1. The van der Waals surface area contributed by atoms with Crippen LogP contribution in [0.25, 0.3) is 0 Å². The third-order valence-corrected chi connectivity index (χ3v) is 5.15. The van der Waals surface area contributed by atoms with Crippen LogP contribution < -0.4 is 9.64 Å². The Hall–Kier alpha value is -2.64. The third kappa shape index (κ3) is 5.46. The van der Waals surface area contributed by atoms with Crippen LogP contribution in [0.1, 0.15) is 62.7 Å². The first kappa shape index (κ1) is 21.1. The highest BCUT2D eigenvalue weighted by atomic mass is 19.1. The van der Waals surface area contributed by atoms with Gasteiger partial charge in [0.05, 0.1) is 12.2 Å². The summed E-state index contributed by atoms with van der Waals surface area (Å²) in [7, 11) is 0. The fourth-order valence-corrected chi connectivity index (χ4v) is 3.39. The monoisotopic (exact) mass is 405 g/mol. The third-order valence-electron chi connectivity index (χ3n) is 5.15. The lowest BCUT2D eigenvalue weighted by atomic mass is 9.92. The minimum atomic E-state index is -1.28. The molecule has 2 heterocycles. The van der Waals surface area contributed by atoms with Crippen LogP contribution in [0.5, 0.6) is 5.75 Å². The van der Waals surface area contributed by atoms with Crippen molar-refractivity contribution in [3.63, 3.8) is 0 Å². The van der Waals surface area contributed by atoms with Gasteiger partial charge in [-0.05, 0) is 48.9 Å². The van der Waals surface area contributed by atoms with E-state index < -0.39 is 11.8 Å². The fraction of sp³-hybridized carbons (Fsp3) is 0.571. The summed E-state index contributed by atoms with van der Waals surface area (Å²) in [5.41, 5.74) is -0.499. The summed E-state index contributed by atoms with van der Waals surface area (Å²) in [6, 6.07) is 3.84. The molecule has 3 rings (SSSR count). The van der Waals surface area contributed by atoms with Gasteiger partial charge in [0.2, 0.25) is 5.89 Å². The molecule has 1 aliphatic heterocycles. The Morgan fingerprint density at radius 2 is 2.07 bits per heavy atom. The maximum absolute atomic E-state index is 13.7. The largest absolute Gasteiger partial charge is 0.493 e. The number of rotatable bonds is 7. The first-order chi connectivity index (χ1) is 13.7. The molecular weight excluding hydrogens is 377 g/mol. The molecule has 0 radical (unpaired) electrons. The van der Waals surface area contributed by atoms with E-state index >= 15 is 0 Å². The van der Waals surface area contributed by atoms with Crippen LogP contribution in [0.4, 0.5) is 10.3 Å². The number of nitrogens with zero attached hydrogens (tertiary/aromatic N) is 3. The molecule has 1 aromatic carbocycles. The zero-order valence-corrected chi connectivity index (χ0v) is 17.2. The molecule has 29 heavy (non-hydrogen) atoms. The fourth-order valence-electron chi connectivity index (χ4n) is 3.39. The van der Waals surface area contributed by atoms with E-state index in [1.807, 2.05) is 20.8 Å². The van der Waals surface area contributed by atoms with Gasteiger partial charge in [0.25, 0.3) is 5.95 Å². The Balaban J connectivity index is 1.39. The quantitative estimate of drug-likeness (QED) is 0.688. The molecule has 0 spiro atoms. The molecule has 0 unspecified atom stereocenters. The number of carboxylic acid groups (broad SMARTS) is 1. The van der Waals surface area contributed by atoms with Crippen LogP contribution in [0.2, 0.25) is 0 Å². The van der Waals surface area contributed by atoms with E-state index in [-0.39, 0.29) is 11.0 Å². The van der Waals surface area contributed by atoms with Gasteiger partial charge in [0, 0.05) is 24.6 Å². The van der Waals surface area contributed by atoms with Crippen LogP contribution in [-0.2, 0) is 5.41 Å². The Kier molecular flexibility index (Phi) is 6.39. The molecule has 0 aliphatic carbocycles. The molecule has 158 valence electrons. The van der Waals surface area contributed by atoms with Crippen molar-refractivity contribution in [3.05, 3.63) is 35.5 Å². The highest BCUT2D eigenvalue weighted by Crippen LogP contribution is 2.27. The van der Waals surface area contributed by atoms with Gasteiger partial charge in [0.15, 0.2) is 0 Å². The molecule has 1 aromatic heterocycles. The summed E-state index contributed by atoms with van der Waals surface area (Å²) in [5, 5.41) is 13.0. The maximum atomic E-state index is 13.7. The molecule has 0 bridgehead atoms. The summed E-state index contributed by atoms with van der Waals surface area (Å²) >= 11 is 0. The second kappa shape index (κ2) is 8.80. The van der Waals surface area contributed by atoms with Crippen molar-refractivity contribution in [2.45, 2.75) is 51.9 Å². The number of piperidine rings is 1. The highest BCUT2D eigenvalue weighted by molar-refractivity contribution is 5.88. The molecule has 2 aromatic rings. The van der Waals surface area contributed by atoms with Gasteiger partial charge < -0.3 is 19.3 Å². The van der Waals surface area contributed by atoms with Gasteiger partial charge in [-0.2, -0.15) is 4.98 Å². The number of aromatic nitrogens is 2. The lowest BCUT2D eigenvalue weighted by Crippen LogP contribution is -2.34. The van der Waals surface area contributed by atoms with Gasteiger partial charge in [-0.15, -0.1) is 0 Å².